The molecule has 1 saturated heterocycles. The molecule has 0 spiro atoms. The molecule has 2 N–H and O–H groups in total. The first-order valence-corrected chi connectivity index (χ1v) is 8.92. The van der Waals surface area contributed by atoms with Crippen LogP contribution >= 0.6 is 11.6 Å². The quantitative estimate of drug-likeness (QED) is 0.849. The lowest BCUT2D eigenvalue weighted by Crippen LogP contribution is -2.39. The summed E-state index contributed by atoms with van der Waals surface area (Å²) in [6, 6.07) is 10.7. The number of halogens is 1. The van der Waals surface area contributed by atoms with Crippen LogP contribution in [0.3, 0.4) is 0 Å². The maximum absolute atomic E-state index is 12.4. The van der Waals surface area contributed by atoms with Gasteiger partial charge in [-0.05, 0) is 61.7 Å². The molecule has 0 unspecified atom stereocenters. The number of rotatable bonds is 3. The molecule has 6 heteroatoms. The second-order valence-electron chi connectivity index (χ2n) is 6.73. The highest BCUT2D eigenvalue weighted by atomic mass is 35.5. The Morgan fingerprint density at radius 3 is 2.54 bits per heavy atom. The fraction of sp³-hybridized carbons (Fsp3) is 0.300. The van der Waals surface area contributed by atoms with Gasteiger partial charge in [0, 0.05) is 29.4 Å². The van der Waals surface area contributed by atoms with E-state index in [4.69, 9.17) is 11.6 Å². The van der Waals surface area contributed by atoms with Crippen molar-refractivity contribution in [2.24, 2.45) is 0 Å². The number of carbonyl (C=O) groups is 2. The minimum absolute atomic E-state index is 0.0116. The first-order valence-electron chi connectivity index (χ1n) is 8.55. The summed E-state index contributed by atoms with van der Waals surface area (Å²) in [7, 11) is 0. The molecule has 5 nitrogen and oxygen atoms in total. The smallest absolute Gasteiger partial charge is 0.319 e. The van der Waals surface area contributed by atoms with Gasteiger partial charge in [-0.15, -0.1) is 0 Å². The molecule has 0 aliphatic carbocycles. The number of hydrogen-bond donors (Lipinski definition) is 2. The summed E-state index contributed by atoms with van der Waals surface area (Å²) in [5.41, 5.74) is 4.77. The Bertz CT molecular complexity index is 866. The molecule has 0 radical (unpaired) electrons. The summed E-state index contributed by atoms with van der Waals surface area (Å²) >= 11 is 5.98. The van der Waals surface area contributed by atoms with Gasteiger partial charge in [-0.3, -0.25) is 4.79 Å². The predicted octanol–water partition coefficient (Wildman–Crippen LogP) is 4.19. The van der Waals surface area contributed by atoms with Crippen LogP contribution in [-0.2, 0) is 4.79 Å². The summed E-state index contributed by atoms with van der Waals surface area (Å²) < 4.78 is 0. The molecule has 2 aromatic carbocycles. The van der Waals surface area contributed by atoms with Crippen LogP contribution in [0, 0.1) is 20.8 Å². The van der Waals surface area contributed by atoms with Crippen LogP contribution in [0.1, 0.15) is 23.1 Å². The summed E-state index contributed by atoms with van der Waals surface area (Å²) in [6.45, 7) is 6.42. The fourth-order valence-electron chi connectivity index (χ4n) is 3.02. The number of carbonyl (C=O) groups excluding carboxylic acids is 2. The van der Waals surface area contributed by atoms with Gasteiger partial charge in [0.25, 0.3) is 0 Å². The highest BCUT2D eigenvalue weighted by Crippen LogP contribution is 2.24. The molecule has 3 amide bonds. The van der Waals surface area contributed by atoms with Gasteiger partial charge >= 0.3 is 6.03 Å². The molecule has 0 aromatic heterocycles. The number of nitrogens with one attached hydrogen (secondary N) is 2. The molecular formula is C20H22ClN3O2. The van der Waals surface area contributed by atoms with Gasteiger partial charge in [-0.1, -0.05) is 23.7 Å². The Morgan fingerprint density at radius 2 is 1.81 bits per heavy atom. The third-order valence-electron chi connectivity index (χ3n) is 4.71. The minimum atomic E-state index is -0.338. The maximum atomic E-state index is 12.4. The van der Waals surface area contributed by atoms with Gasteiger partial charge in [-0.2, -0.15) is 0 Å². The van der Waals surface area contributed by atoms with Crippen molar-refractivity contribution in [3.63, 3.8) is 0 Å². The maximum Gasteiger partial charge on any atom is 0.319 e. The number of aryl methyl sites for hydroxylation is 3. The summed E-state index contributed by atoms with van der Waals surface area (Å²) in [5.74, 6) is 0.0116. The van der Waals surface area contributed by atoms with Gasteiger partial charge in [0.15, 0.2) is 0 Å². The van der Waals surface area contributed by atoms with E-state index in [1.165, 1.54) is 5.56 Å². The Kier molecular flexibility index (Phi) is 5.18. The number of benzene rings is 2. The summed E-state index contributed by atoms with van der Waals surface area (Å²) in [5, 5.41) is 6.23. The first kappa shape index (κ1) is 18.3. The molecule has 1 atom stereocenters. The number of urea groups is 1. The van der Waals surface area contributed by atoms with Crippen molar-refractivity contribution >= 4 is 34.9 Å². The van der Waals surface area contributed by atoms with Gasteiger partial charge < -0.3 is 15.5 Å². The van der Waals surface area contributed by atoms with Crippen LogP contribution in [0.15, 0.2) is 36.4 Å². The standard InChI is InChI=1S/C20H22ClN3O2/c1-12-5-7-17(8-14(12)3)24-11-16(10-19(24)25)22-20(26)23-18-9-15(21)6-4-13(18)2/h4-9,16H,10-11H2,1-3H3,(H2,22,23,26)/t16-/m1/s1. The monoisotopic (exact) mass is 371 g/mol. The Balaban J connectivity index is 1.64. The number of amides is 3. The van der Waals surface area contributed by atoms with Crippen molar-refractivity contribution < 1.29 is 9.59 Å². The number of anilines is 2. The van der Waals surface area contributed by atoms with Crippen molar-refractivity contribution in [1.29, 1.82) is 0 Å². The molecule has 0 bridgehead atoms. The normalized spacial score (nSPS) is 16.7. The van der Waals surface area contributed by atoms with E-state index < -0.39 is 0 Å². The van der Waals surface area contributed by atoms with Crippen molar-refractivity contribution in [2.75, 3.05) is 16.8 Å². The average Bonchev–Trinajstić information content (AvgIpc) is 2.93. The zero-order valence-corrected chi connectivity index (χ0v) is 15.9. The van der Waals surface area contributed by atoms with Crippen LogP contribution in [0.2, 0.25) is 5.02 Å². The van der Waals surface area contributed by atoms with E-state index in [0.717, 1.165) is 16.8 Å². The van der Waals surface area contributed by atoms with Gasteiger partial charge in [0.2, 0.25) is 5.91 Å². The summed E-state index contributed by atoms with van der Waals surface area (Å²) in [4.78, 5) is 26.4. The van der Waals surface area contributed by atoms with Gasteiger partial charge in [-0.25, -0.2) is 4.79 Å². The van der Waals surface area contributed by atoms with E-state index in [2.05, 4.69) is 10.6 Å². The SMILES string of the molecule is Cc1ccc(N2C[C@H](NC(=O)Nc3cc(Cl)ccc3C)CC2=O)cc1C. The van der Waals surface area contributed by atoms with Crippen molar-refractivity contribution in [1.82, 2.24) is 5.32 Å². The number of nitrogens with zero attached hydrogens (tertiary/aromatic N) is 1. The third-order valence-corrected chi connectivity index (χ3v) is 4.95. The molecule has 1 fully saturated rings. The largest absolute Gasteiger partial charge is 0.333 e. The fourth-order valence-corrected chi connectivity index (χ4v) is 3.19. The Labute approximate surface area is 158 Å². The topological polar surface area (TPSA) is 61.4 Å². The molecular weight excluding hydrogens is 350 g/mol. The lowest BCUT2D eigenvalue weighted by molar-refractivity contribution is -0.117. The van der Waals surface area contributed by atoms with E-state index in [0.29, 0.717) is 17.3 Å². The average molecular weight is 372 g/mol. The zero-order chi connectivity index (χ0) is 18.8. The second-order valence-corrected chi connectivity index (χ2v) is 7.17. The second kappa shape index (κ2) is 7.38. The van der Waals surface area contributed by atoms with Crippen LogP contribution in [-0.4, -0.2) is 24.5 Å². The number of hydrogen-bond acceptors (Lipinski definition) is 2. The highest BCUT2D eigenvalue weighted by Gasteiger charge is 2.31. The lowest BCUT2D eigenvalue weighted by Gasteiger charge is -2.19. The molecule has 1 aliphatic rings. The third kappa shape index (κ3) is 3.99. The van der Waals surface area contributed by atoms with Crippen molar-refractivity contribution in [2.45, 2.75) is 33.2 Å². The van der Waals surface area contributed by atoms with E-state index in [9.17, 15) is 9.59 Å². The first-order chi connectivity index (χ1) is 12.3. The van der Waals surface area contributed by atoms with Crippen molar-refractivity contribution in [3.8, 4) is 0 Å². The molecule has 1 aliphatic heterocycles. The van der Waals surface area contributed by atoms with Gasteiger partial charge in [0.05, 0.1) is 6.04 Å². The molecule has 2 aromatic rings. The Hall–Kier alpha value is -2.53. The van der Waals surface area contributed by atoms with Crippen LogP contribution in [0.25, 0.3) is 0 Å². The van der Waals surface area contributed by atoms with E-state index in [1.54, 1.807) is 17.0 Å². The zero-order valence-electron chi connectivity index (χ0n) is 15.1. The molecule has 3 rings (SSSR count). The lowest BCUT2D eigenvalue weighted by atomic mass is 10.1. The predicted molar refractivity (Wildman–Crippen MR) is 105 cm³/mol. The molecule has 136 valence electrons. The van der Waals surface area contributed by atoms with Gasteiger partial charge in [0.1, 0.15) is 0 Å². The highest BCUT2D eigenvalue weighted by molar-refractivity contribution is 6.31. The Morgan fingerprint density at radius 1 is 1.08 bits per heavy atom. The van der Waals surface area contributed by atoms with E-state index >= 15 is 0 Å². The van der Waals surface area contributed by atoms with Crippen LogP contribution < -0.4 is 15.5 Å². The van der Waals surface area contributed by atoms with E-state index in [1.807, 2.05) is 45.0 Å². The van der Waals surface area contributed by atoms with Crippen molar-refractivity contribution in [3.05, 3.63) is 58.1 Å². The molecule has 26 heavy (non-hydrogen) atoms. The molecule has 0 saturated carbocycles. The minimum Gasteiger partial charge on any atom is -0.333 e. The summed E-state index contributed by atoms with van der Waals surface area (Å²) in [6.07, 6.45) is 0.287. The van der Waals surface area contributed by atoms with Crippen LogP contribution in [0.4, 0.5) is 16.2 Å². The van der Waals surface area contributed by atoms with Crippen LogP contribution in [0.5, 0.6) is 0 Å². The van der Waals surface area contributed by atoms with E-state index in [-0.39, 0.29) is 24.4 Å². The molecule has 1 heterocycles.